The van der Waals surface area contributed by atoms with E-state index in [1.165, 1.54) is 23.0 Å². The molecule has 0 radical (unpaired) electrons. The molecule has 2 aliphatic rings. The molecule has 198 valence electrons. The summed E-state index contributed by atoms with van der Waals surface area (Å²) in [5, 5.41) is 3.76. The molecule has 0 saturated carbocycles. The molecule has 0 spiro atoms. The van der Waals surface area contributed by atoms with E-state index in [-0.39, 0.29) is 18.2 Å². The van der Waals surface area contributed by atoms with Gasteiger partial charge < -0.3 is 15.1 Å². The van der Waals surface area contributed by atoms with Crippen LogP contribution >= 0.6 is 11.8 Å². The Kier molecular flexibility index (Phi) is 8.29. The number of aromatic nitrogens is 1. The predicted molar refractivity (Wildman–Crippen MR) is 153 cm³/mol. The molecular weight excluding hydrogens is 494 g/mol. The number of anilines is 2. The second-order valence-corrected chi connectivity index (χ2v) is 11.0. The molecule has 1 aromatic heterocycles. The summed E-state index contributed by atoms with van der Waals surface area (Å²) in [4.78, 5) is 38.1. The first-order valence-corrected chi connectivity index (χ1v) is 14.2. The van der Waals surface area contributed by atoms with E-state index in [9.17, 15) is 9.59 Å². The Labute approximate surface area is 229 Å². The van der Waals surface area contributed by atoms with Crippen molar-refractivity contribution in [3.8, 4) is 0 Å². The van der Waals surface area contributed by atoms with Gasteiger partial charge in [-0.25, -0.2) is 4.98 Å². The highest BCUT2D eigenvalue weighted by Gasteiger charge is 2.28. The number of rotatable bonds is 8. The number of nitrogens with one attached hydrogen (secondary N) is 1. The van der Waals surface area contributed by atoms with E-state index in [0.29, 0.717) is 29.7 Å². The Morgan fingerprint density at radius 1 is 1.08 bits per heavy atom. The number of amides is 2. The van der Waals surface area contributed by atoms with Gasteiger partial charge in [0.05, 0.1) is 11.3 Å². The monoisotopic (exact) mass is 529 g/mol. The Morgan fingerprint density at radius 3 is 2.79 bits per heavy atom. The number of hydrogen-bond donors (Lipinski definition) is 1. The smallest absolute Gasteiger partial charge is 0.261 e. The topological polar surface area (TPSA) is 68.8 Å². The second-order valence-electron chi connectivity index (χ2n) is 10.0. The largest absolute Gasteiger partial charge is 0.369 e. The van der Waals surface area contributed by atoms with Crippen LogP contribution in [0.1, 0.15) is 35.7 Å². The molecule has 2 aromatic carbocycles. The van der Waals surface area contributed by atoms with E-state index in [1.807, 2.05) is 24.3 Å². The fourth-order valence-corrected chi connectivity index (χ4v) is 6.20. The van der Waals surface area contributed by atoms with Crippen molar-refractivity contribution < 1.29 is 9.59 Å². The van der Waals surface area contributed by atoms with Gasteiger partial charge in [-0.2, -0.15) is 0 Å². The summed E-state index contributed by atoms with van der Waals surface area (Å²) in [6.07, 6.45) is 2.86. The average Bonchev–Trinajstić information content (AvgIpc) is 3.04. The van der Waals surface area contributed by atoms with Crippen LogP contribution in [0.3, 0.4) is 0 Å². The van der Waals surface area contributed by atoms with Crippen LogP contribution in [0.5, 0.6) is 0 Å². The molecule has 1 fully saturated rings. The van der Waals surface area contributed by atoms with E-state index in [4.69, 9.17) is 0 Å². The van der Waals surface area contributed by atoms with E-state index in [1.54, 1.807) is 23.2 Å². The van der Waals surface area contributed by atoms with Crippen molar-refractivity contribution in [1.82, 2.24) is 15.2 Å². The molecule has 1 saturated heterocycles. The zero-order chi connectivity index (χ0) is 26.5. The van der Waals surface area contributed by atoms with Crippen LogP contribution in [0.15, 0.2) is 76.8 Å². The molecule has 1 N–H and O–H groups in total. The van der Waals surface area contributed by atoms with Crippen LogP contribution < -0.4 is 15.1 Å². The van der Waals surface area contributed by atoms with E-state index in [0.717, 1.165) is 43.2 Å². The molecule has 3 heterocycles. The van der Waals surface area contributed by atoms with Gasteiger partial charge in [0.1, 0.15) is 5.03 Å². The van der Waals surface area contributed by atoms with Crippen LogP contribution in [0.4, 0.5) is 11.4 Å². The van der Waals surface area contributed by atoms with E-state index < -0.39 is 0 Å². The number of pyridine rings is 1. The first kappa shape index (κ1) is 26.3. The molecule has 0 unspecified atom stereocenters. The highest BCUT2D eigenvalue weighted by molar-refractivity contribution is 7.99. The molecule has 3 aromatic rings. The molecule has 38 heavy (non-hydrogen) atoms. The lowest BCUT2D eigenvalue weighted by Gasteiger charge is -2.41. The van der Waals surface area contributed by atoms with Crippen molar-refractivity contribution in [1.29, 1.82) is 0 Å². The Morgan fingerprint density at radius 2 is 1.95 bits per heavy atom. The highest BCUT2D eigenvalue weighted by atomic mass is 32.2. The number of aryl methyl sites for hydroxylation is 1. The van der Waals surface area contributed by atoms with Crippen LogP contribution in [0.25, 0.3) is 0 Å². The van der Waals surface area contributed by atoms with Gasteiger partial charge in [0.15, 0.2) is 0 Å². The minimum absolute atomic E-state index is 0.0316. The third-order valence-corrected chi connectivity index (χ3v) is 8.33. The maximum Gasteiger partial charge on any atom is 0.261 e. The van der Waals surface area contributed by atoms with Gasteiger partial charge >= 0.3 is 0 Å². The minimum Gasteiger partial charge on any atom is -0.369 e. The maximum absolute atomic E-state index is 13.3. The van der Waals surface area contributed by atoms with Gasteiger partial charge in [-0.05, 0) is 62.2 Å². The fourth-order valence-electron chi connectivity index (χ4n) is 5.18. The Bertz CT molecular complexity index is 1300. The minimum atomic E-state index is -0.114. The number of nitrogens with zero attached hydrogens (tertiary/aromatic N) is 4. The van der Waals surface area contributed by atoms with Crippen LogP contribution in [-0.2, 0) is 4.79 Å². The lowest BCUT2D eigenvalue weighted by atomic mass is 10.1. The van der Waals surface area contributed by atoms with Crippen molar-refractivity contribution in [3.05, 3.63) is 78.0 Å². The first-order chi connectivity index (χ1) is 18.5. The van der Waals surface area contributed by atoms with E-state index in [2.05, 4.69) is 58.2 Å². The van der Waals surface area contributed by atoms with Gasteiger partial charge in [0, 0.05) is 68.5 Å². The Balaban J connectivity index is 1.09. The highest BCUT2D eigenvalue weighted by Crippen LogP contribution is 2.40. The average molecular weight is 530 g/mol. The van der Waals surface area contributed by atoms with Gasteiger partial charge in [0.25, 0.3) is 5.91 Å². The lowest BCUT2D eigenvalue weighted by molar-refractivity contribution is -0.120. The molecule has 0 aliphatic carbocycles. The predicted octanol–water partition coefficient (Wildman–Crippen LogP) is 4.61. The summed E-state index contributed by atoms with van der Waals surface area (Å²) in [5.74, 6) is -0.145. The third kappa shape index (κ3) is 6.03. The number of para-hydroxylation sites is 1. The molecule has 5 rings (SSSR count). The first-order valence-electron chi connectivity index (χ1n) is 13.4. The summed E-state index contributed by atoms with van der Waals surface area (Å²) in [6.45, 7) is 9.39. The van der Waals surface area contributed by atoms with Crippen molar-refractivity contribution in [2.24, 2.45) is 0 Å². The molecule has 8 heteroatoms. The number of piperazine rings is 1. The van der Waals surface area contributed by atoms with Crippen molar-refractivity contribution in [2.45, 2.75) is 42.7 Å². The summed E-state index contributed by atoms with van der Waals surface area (Å²) in [7, 11) is 0. The number of hydrogen-bond acceptors (Lipinski definition) is 6. The standard InChI is InChI=1S/C30H35N5O2S/c1-22-8-5-9-24(20-22)34-19-18-33(23(2)21-34)16-7-15-31-28(36)13-17-35-26-11-3-4-12-27(26)38-29-25(30(35)37)10-6-14-32-29/h3-6,8-12,14,20,23H,7,13,15-19,21H2,1-2H3,(H,31,36)/t23-/m1/s1. The van der Waals surface area contributed by atoms with Crippen molar-refractivity contribution >= 4 is 35.0 Å². The lowest BCUT2D eigenvalue weighted by Crippen LogP contribution is -2.52. The molecule has 7 nitrogen and oxygen atoms in total. The molecule has 2 aliphatic heterocycles. The SMILES string of the molecule is Cc1cccc(N2CCN(CCCNC(=O)CCN3C(=O)c4cccnc4Sc4ccccc43)[C@H](C)C2)c1. The van der Waals surface area contributed by atoms with Crippen LogP contribution in [0.2, 0.25) is 0 Å². The fraction of sp³-hybridized carbons (Fsp3) is 0.367. The Hall–Kier alpha value is -3.36. The number of carbonyl (C=O) groups is 2. The van der Waals surface area contributed by atoms with Crippen molar-refractivity contribution in [2.75, 3.05) is 49.1 Å². The second kappa shape index (κ2) is 12.0. The summed E-state index contributed by atoms with van der Waals surface area (Å²) in [6, 6.07) is 20.6. The number of fused-ring (bicyclic) bond motifs is 2. The van der Waals surface area contributed by atoms with Crippen LogP contribution in [0, 0.1) is 6.92 Å². The normalized spacial score (nSPS) is 17.5. The quantitative estimate of drug-likeness (QED) is 0.430. The van der Waals surface area contributed by atoms with Gasteiger partial charge in [0.2, 0.25) is 5.91 Å². The molecule has 1 atom stereocenters. The van der Waals surface area contributed by atoms with Crippen LogP contribution in [-0.4, -0.2) is 67.0 Å². The zero-order valence-corrected chi connectivity index (χ0v) is 22.9. The summed E-state index contributed by atoms with van der Waals surface area (Å²) >= 11 is 1.49. The summed E-state index contributed by atoms with van der Waals surface area (Å²) < 4.78 is 0. The van der Waals surface area contributed by atoms with Crippen molar-refractivity contribution in [3.63, 3.8) is 0 Å². The molecule has 0 bridgehead atoms. The van der Waals surface area contributed by atoms with E-state index >= 15 is 0 Å². The third-order valence-electron chi connectivity index (χ3n) is 7.25. The van der Waals surface area contributed by atoms with Gasteiger partial charge in [-0.1, -0.05) is 36.0 Å². The maximum atomic E-state index is 13.3. The number of carbonyl (C=O) groups excluding carboxylic acids is 2. The zero-order valence-electron chi connectivity index (χ0n) is 22.1. The summed E-state index contributed by atoms with van der Waals surface area (Å²) in [5.41, 5.74) is 3.99. The number of benzene rings is 2. The van der Waals surface area contributed by atoms with Gasteiger partial charge in [-0.3, -0.25) is 14.5 Å². The van der Waals surface area contributed by atoms with Gasteiger partial charge in [-0.15, -0.1) is 0 Å². The molecular formula is C30H35N5O2S. The molecule has 2 amide bonds.